The maximum absolute atomic E-state index is 12.6. The molecule has 0 fully saturated rings. The summed E-state index contributed by atoms with van der Waals surface area (Å²) in [5.41, 5.74) is 0.978. The maximum atomic E-state index is 12.6. The minimum absolute atomic E-state index is 0.0985. The molecule has 0 atom stereocenters. The number of hydrogen-bond acceptors (Lipinski definition) is 4. The van der Waals surface area contributed by atoms with Gasteiger partial charge >= 0.3 is 0 Å². The number of halogens is 3. The highest BCUT2D eigenvalue weighted by Gasteiger charge is 2.17. The van der Waals surface area contributed by atoms with Gasteiger partial charge in [0.2, 0.25) is 12.7 Å². The summed E-state index contributed by atoms with van der Waals surface area (Å²) in [5, 5.41) is 2.97. The van der Waals surface area contributed by atoms with Crippen molar-refractivity contribution in [2.45, 2.75) is 10.7 Å². The fourth-order valence-electron chi connectivity index (χ4n) is 2.20. The smallest absolute Gasteiger partial charge is 0.288 e. The Morgan fingerprint density at radius 2 is 2.08 bits per heavy atom. The summed E-state index contributed by atoms with van der Waals surface area (Å²) in [5.74, 6) is -2.03. The van der Waals surface area contributed by atoms with E-state index >= 15 is 0 Å². The van der Waals surface area contributed by atoms with Crippen LogP contribution in [0.25, 0.3) is 6.08 Å². The number of para-hydroxylation sites is 1. The van der Waals surface area contributed by atoms with Crippen molar-refractivity contribution in [3.63, 3.8) is 0 Å². The Morgan fingerprint density at radius 1 is 1.28 bits per heavy atom. The SMILES string of the molecule is O=C(/C=C/c1cc(Cl)c2c(c1)OCO2)Nc1ccccc1SC(F)F. The average Bonchev–Trinajstić information content (AvgIpc) is 3.03. The van der Waals surface area contributed by atoms with Crippen LogP contribution in [0, 0.1) is 0 Å². The molecular formula is C17H12ClF2NO3S. The minimum atomic E-state index is -2.57. The van der Waals surface area contributed by atoms with Gasteiger partial charge in [-0.15, -0.1) is 0 Å². The van der Waals surface area contributed by atoms with Crippen molar-refractivity contribution in [3.05, 3.63) is 53.1 Å². The van der Waals surface area contributed by atoms with Gasteiger partial charge in [0.25, 0.3) is 5.76 Å². The number of rotatable bonds is 5. The molecule has 1 N–H and O–H groups in total. The van der Waals surface area contributed by atoms with Crippen molar-refractivity contribution in [1.29, 1.82) is 0 Å². The summed E-state index contributed by atoms with van der Waals surface area (Å²) < 4.78 is 35.6. The van der Waals surface area contributed by atoms with E-state index in [0.717, 1.165) is 0 Å². The molecular weight excluding hydrogens is 372 g/mol. The Kier molecular flexibility index (Phi) is 5.45. The van der Waals surface area contributed by atoms with Crippen LogP contribution >= 0.6 is 23.4 Å². The zero-order valence-electron chi connectivity index (χ0n) is 12.7. The van der Waals surface area contributed by atoms with Crippen LogP contribution < -0.4 is 14.8 Å². The lowest BCUT2D eigenvalue weighted by Crippen LogP contribution is -2.08. The van der Waals surface area contributed by atoms with Crippen LogP contribution in [-0.4, -0.2) is 18.5 Å². The molecule has 1 amide bonds. The molecule has 0 unspecified atom stereocenters. The number of nitrogens with one attached hydrogen (secondary N) is 1. The van der Waals surface area contributed by atoms with Crippen LogP contribution in [0.1, 0.15) is 5.56 Å². The fourth-order valence-corrected chi connectivity index (χ4v) is 3.07. The lowest BCUT2D eigenvalue weighted by atomic mass is 10.2. The van der Waals surface area contributed by atoms with Gasteiger partial charge in [-0.3, -0.25) is 4.79 Å². The molecule has 0 saturated carbocycles. The van der Waals surface area contributed by atoms with Crippen molar-refractivity contribution in [2.75, 3.05) is 12.1 Å². The largest absolute Gasteiger partial charge is 0.454 e. The molecule has 4 nitrogen and oxygen atoms in total. The summed E-state index contributed by atoms with van der Waals surface area (Å²) in [7, 11) is 0. The molecule has 2 aromatic carbocycles. The van der Waals surface area contributed by atoms with Crippen molar-refractivity contribution in [2.24, 2.45) is 0 Å². The summed E-state index contributed by atoms with van der Waals surface area (Å²) >= 11 is 6.45. The lowest BCUT2D eigenvalue weighted by molar-refractivity contribution is -0.111. The Morgan fingerprint density at radius 3 is 2.88 bits per heavy atom. The molecule has 0 bridgehead atoms. The Labute approximate surface area is 151 Å². The highest BCUT2D eigenvalue weighted by molar-refractivity contribution is 7.99. The van der Waals surface area contributed by atoms with Gasteiger partial charge in [0.1, 0.15) is 0 Å². The van der Waals surface area contributed by atoms with Crippen molar-refractivity contribution < 1.29 is 23.0 Å². The molecule has 130 valence electrons. The van der Waals surface area contributed by atoms with Crippen LogP contribution in [0.2, 0.25) is 5.02 Å². The molecule has 3 rings (SSSR count). The van der Waals surface area contributed by atoms with Crippen LogP contribution in [0.4, 0.5) is 14.5 Å². The van der Waals surface area contributed by atoms with E-state index in [4.69, 9.17) is 21.1 Å². The van der Waals surface area contributed by atoms with Crippen LogP contribution in [0.5, 0.6) is 11.5 Å². The van der Waals surface area contributed by atoms with E-state index in [0.29, 0.717) is 44.4 Å². The Hall–Kier alpha value is -2.25. The average molecular weight is 384 g/mol. The standard InChI is InChI=1S/C17H12ClF2NO3S/c18-11-7-10(8-13-16(11)24-9-23-13)5-6-15(22)21-12-3-1-2-4-14(12)25-17(19)20/h1-8,17H,9H2,(H,21,22)/b6-5+. The van der Waals surface area contributed by atoms with E-state index in [1.807, 2.05) is 0 Å². The second-order valence-electron chi connectivity index (χ2n) is 4.93. The number of hydrogen-bond donors (Lipinski definition) is 1. The van der Waals surface area contributed by atoms with Crippen molar-refractivity contribution in [1.82, 2.24) is 0 Å². The molecule has 0 aliphatic carbocycles. The third kappa shape index (κ3) is 4.43. The number of alkyl halides is 2. The first-order valence-electron chi connectivity index (χ1n) is 7.15. The highest BCUT2D eigenvalue weighted by atomic mass is 35.5. The zero-order chi connectivity index (χ0) is 17.8. The predicted molar refractivity (Wildman–Crippen MR) is 93.5 cm³/mol. The molecule has 0 saturated heterocycles. The van der Waals surface area contributed by atoms with E-state index < -0.39 is 11.7 Å². The van der Waals surface area contributed by atoms with E-state index in [9.17, 15) is 13.6 Å². The minimum Gasteiger partial charge on any atom is -0.454 e. The van der Waals surface area contributed by atoms with Crippen LogP contribution in [0.3, 0.4) is 0 Å². The predicted octanol–water partition coefficient (Wildman–Crippen LogP) is 5.04. The van der Waals surface area contributed by atoms with Crippen molar-refractivity contribution >= 4 is 41.0 Å². The molecule has 0 radical (unpaired) electrons. The number of fused-ring (bicyclic) bond motifs is 1. The van der Waals surface area contributed by atoms with Gasteiger partial charge in [0.05, 0.1) is 10.7 Å². The number of carbonyl (C=O) groups is 1. The van der Waals surface area contributed by atoms with Crippen LogP contribution in [-0.2, 0) is 4.79 Å². The van der Waals surface area contributed by atoms with Gasteiger partial charge in [-0.25, -0.2) is 0 Å². The highest BCUT2D eigenvalue weighted by Crippen LogP contribution is 2.40. The topological polar surface area (TPSA) is 47.6 Å². The zero-order valence-corrected chi connectivity index (χ0v) is 14.2. The second-order valence-corrected chi connectivity index (χ2v) is 6.37. The van der Waals surface area contributed by atoms with Gasteiger partial charge in [-0.1, -0.05) is 35.5 Å². The molecule has 0 spiro atoms. The second kappa shape index (κ2) is 7.76. The molecule has 2 aromatic rings. The number of anilines is 1. The van der Waals surface area contributed by atoms with E-state index in [1.165, 1.54) is 12.1 Å². The number of carbonyl (C=O) groups excluding carboxylic acids is 1. The number of amides is 1. The molecule has 8 heteroatoms. The lowest BCUT2D eigenvalue weighted by Gasteiger charge is -2.08. The van der Waals surface area contributed by atoms with E-state index in [-0.39, 0.29) is 6.79 Å². The molecule has 25 heavy (non-hydrogen) atoms. The Balaban J connectivity index is 1.71. The maximum Gasteiger partial charge on any atom is 0.288 e. The molecule has 1 aliphatic heterocycles. The summed E-state index contributed by atoms with van der Waals surface area (Å²) in [4.78, 5) is 12.4. The van der Waals surface area contributed by atoms with Crippen LogP contribution in [0.15, 0.2) is 47.4 Å². The monoisotopic (exact) mass is 383 g/mol. The number of ether oxygens (including phenoxy) is 2. The first-order chi connectivity index (χ1) is 12.0. The normalized spacial score (nSPS) is 12.8. The van der Waals surface area contributed by atoms with Gasteiger partial charge in [0, 0.05) is 11.0 Å². The molecule has 1 aliphatic rings. The van der Waals surface area contributed by atoms with Gasteiger partial charge in [0.15, 0.2) is 11.5 Å². The number of thioether (sulfide) groups is 1. The fraction of sp³-hybridized carbons (Fsp3) is 0.118. The number of benzene rings is 2. The first-order valence-corrected chi connectivity index (χ1v) is 8.41. The first kappa shape index (κ1) is 17.6. The van der Waals surface area contributed by atoms with E-state index in [1.54, 1.807) is 36.4 Å². The summed E-state index contributed by atoms with van der Waals surface area (Å²) in [6.07, 6.45) is 2.84. The third-order valence-corrected chi connectivity index (χ3v) is 4.31. The van der Waals surface area contributed by atoms with Gasteiger partial charge in [-0.05, 0) is 35.9 Å². The summed E-state index contributed by atoms with van der Waals surface area (Å²) in [6.45, 7) is 0.0985. The van der Waals surface area contributed by atoms with Gasteiger partial charge < -0.3 is 14.8 Å². The summed E-state index contributed by atoms with van der Waals surface area (Å²) in [6, 6.07) is 9.71. The Bertz CT molecular complexity index is 830. The van der Waals surface area contributed by atoms with Crippen molar-refractivity contribution in [3.8, 4) is 11.5 Å². The quantitative estimate of drug-likeness (QED) is 0.580. The molecule has 0 aromatic heterocycles. The molecule has 1 heterocycles. The van der Waals surface area contributed by atoms with E-state index in [2.05, 4.69) is 5.32 Å². The third-order valence-electron chi connectivity index (χ3n) is 3.24. The van der Waals surface area contributed by atoms with Gasteiger partial charge in [-0.2, -0.15) is 8.78 Å².